The second-order valence-electron chi connectivity index (χ2n) is 6.84. The van der Waals surface area contributed by atoms with Gasteiger partial charge >= 0.3 is 0 Å². The van der Waals surface area contributed by atoms with Gasteiger partial charge in [0.1, 0.15) is 12.4 Å². The Bertz CT molecular complexity index is 1250. The van der Waals surface area contributed by atoms with Crippen LogP contribution in [0.25, 0.3) is 0 Å². The van der Waals surface area contributed by atoms with E-state index in [2.05, 4.69) is 15.6 Å². The Morgan fingerprint density at radius 2 is 1.88 bits per heavy atom. The second-order valence-corrected chi connectivity index (χ2v) is 7.65. The van der Waals surface area contributed by atoms with Crippen LogP contribution in [0.15, 0.2) is 59.3 Å². The fourth-order valence-electron chi connectivity index (χ4n) is 2.99. The van der Waals surface area contributed by atoms with E-state index in [0.717, 1.165) is 5.56 Å². The average molecular weight is 475 g/mol. The highest BCUT2D eigenvalue weighted by Gasteiger charge is 2.21. The molecule has 0 fully saturated rings. The van der Waals surface area contributed by atoms with E-state index >= 15 is 0 Å². The fraction of sp³-hybridized carbons (Fsp3) is 0.136. The van der Waals surface area contributed by atoms with Gasteiger partial charge in [-0.2, -0.15) is 5.10 Å². The number of nitrogens with one attached hydrogen (secondary N) is 1. The van der Waals surface area contributed by atoms with Gasteiger partial charge in [0.25, 0.3) is 5.91 Å². The van der Waals surface area contributed by atoms with Crippen molar-refractivity contribution in [2.75, 3.05) is 5.32 Å². The summed E-state index contributed by atoms with van der Waals surface area (Å²) in [4.78, 5) is 12.7. The summed E-state index contributed by atoms with van der Waals surface area (Å²) >= 11 is 12.4. The molecule has 0 aliphatic heterocycles. The Labute approximate surface area is 192 Å². The minimum Gasteiger partial charge on any atom is -0.486 e. The zero-order valence-corrected chi connectivity index (χ0v) is 18.3. The van der Waals surface area contributed by atoms with Gasteiger partial charge in [-0.1, -0.05) is 46.6 Å². The summed E-state index contributed by atoms with van der Waals surface area (Å²) in [7, 11) is 0. The Morgan fingerprint density at radius 1 is 1.12 bits per heavy atom. The van der Waals surface area contributed by atoms with Crippen molar-refractivity contribution < 1.29 is 18.4 Å². The van der Waals surface area contributed by atoms with E-state index < -0.39 is 11.7 Å². The molecular formula is C22H17Cl2FN4O3. The topological polar surface area (TPSA) is 82.2 Å². The maximum absolute atomic E-state index is 13.8. The molecule has 1 N–H and O–H groups in total. The zero-order chi connectivity index (χ0) is 22.7. The number of carbonyl (C=O) groups is 1. The first-order valence-electron chi connectivity index (χ1n) is 9.52. The van der Waals surface area contributed by atoms with Gasteiger partial charge in [-0.25, -0.2) is 4.39 Å². The third-order valence-electron chi connectivity index (χ3n) is 4.67. The zero-order valence-electron chi connectivity index (χ0n) is 16.8. The minimum absolute atomic E-state index is 0.0301. The summed E-state index contributed by atoms with van der Waals surface area (Å²) in [6, 6.07) is 12.9. The Hall–Kier alpha value is -3.36. The van der Waals surface area contributed by atoms with E-state index in [-0.39, 0.29) is 18.1 Å². The average Bonchev–Trinajstić information content (AvgIpc) is 3.36. The van der Waals surface area contributed by atoms with Crippen LogP contribution >= 0.6 is 23.2 Å². The maximum Gasteiger partial charge on any atom is 0.279 e. The first kappa shape index (κ1) is 21.9. The van der Waals surface area contributed by atoms with Crippen LogP contribution in [0, 0.1) is 12.7 Å². The van der Waals surface area contributed by atoms with Crippen LogP contribution in [0.1, 0.15) is 27.4 Å². The first-order chi connectivity index (χ1) is 15.4. The number of hydrogen-bond acceptors (Lipinski definition) is 5. The number of benzene rings is 2. The molecule has 0 spiro atoms. The number of ether oxygens (including phenoxy) is 1. The number of hydrogen-bond donors (Lipinski definition) is 1. The summed E-state index contributed by atoms with van der Waals surface area (Å²) in [5.74, 6) is -0.270. The van der Waals surface area contributed by atoms with Crippen molar-refractivity contribution in [3.63, 3.8) is 0 Å². The highest BCUT2D eigenvalue weighted by Crippen LogP contribution is 2.25. The molecule has 0 unspecified atom stereocenters. The molecule has 2 heterocycles. The molecule has 4 aromatic rings. The van der Waals surface area contributed by atoms with Crippen LogP contribution in [0.5, 0.6) is 5.75 Å². The lowest BCUT2D eigenvalue weighted by Gasteiger charge is -2.08. The number of aromatic nitrogens is 3. The number of anilines is 1. The van der Waals surface area contributed by atoms with Gasteiger partial charge in [-0.3, -0.25) is 9.48 Å². The summed E-state index contributed by atoms with van der Waals surface area (Å²) in [6.07, 6.45) is 1.69. The van der Waals surface area contributed by atoms with E-state index in [9.17, 15) is 9.18 Å². The smallest absolute Gasteiger partial charge is 0.279 e. The number of carbonyl (C=O) groups excluding carboxylic acids is 1. The highest BCUT2D eigenvalue weighted by molar-refractivity contribution is 6.35. The Balaban J connectivity index is 1.45. The molecule has 0 saturated carbocycles. The molecule has 10 heteroatoms. The van der Waals surface area contributed by atoms with E-state index in [1.54, 1.807) is 54.2 Å². The quantitative estimate of drug-likeness (QED) is 0.382. The van der Waals surface area contributed by atoms with Gasteiger partial charge in [-0.15, -0.1) is 0 Å². The lowest BCUT2D eigenvalue weighted by molar-refractivity contribution is 0.101. The molecule has 2 aromatic heterocycles. The molecule has 0 saturated heterocycles. The number of rotatable bonds is 7. The number of para-hydroxylation sites is 1. The van der Waals surface area contributed by atoms with Crippen LogP contribution in [0.2, 0.25) is 10.0 Å². The van der Waals surface area contributed by atoms with E-state index in [4.69, 9.17) is 32.5 Å². The third-order valence-corrected chi connectivity index (χ3v) is 5.38. The molecule has 0 aliphatic carbocycles. The van der Waals surface area contributed by atoms with Crippen molar-refractivity contribution in [2.24, 2.45) is 0 Å². The van der Waals surface area contributed by atoms with Gasteiger partial charge in [0.2, 0.25) is 0 Å². The van der Waals surface area contributed by atoms with Crippen LogP contribution in [-0.2, 0) is 13.2 Å². The summed E-state index contributed by atoms with van der Waals surface area (Å²) < 4.78 is 26.0. The molecule has 0 radical (unpaired) electrons. The van der Waals surface area contributed by atoms with E-state index in [0.29, 0.717) is 33.7 Å². The molecule has 0 aliphatic rings. The van der Waals surface area contributed by atoms with Crippen molar-refractivity contribution in [3.8, 4) is 5.75 Å². The predicted octanol–water partition coefficient (Wildman–Crippen LogP) is 5.51. The van der Waals surface area contributed by atoms with Gasteiger partial charge in [-0.05, 0) is 31.2 Å². The molecule has 4 rings (SSSR count). The normalized spacial score (nSPS) is 10.9. The summed E-state index contributed by atoms with van der Waals surface area (Å²) in [6.45, 7) is 1.89. The number of nitrogens with zero attached hydrogens (tertiary/aromatic N) is 3. The van der Waals surface area contributed by atoms with Crippen LogP contribution < -0.4 is 10.1 Å². The van der Waals surface area contributed by atoms with Gasteiger partial charge < -0.3 is 14.6 Å². The van der Waals surface area contributed by atoms with Crippen molar-refractivity contribution in [1.29, 1.82) is 0 Å². The maximum atomic E-state index is 13.8. The fourth-order valence-corrected chi connectivity index (χ4v) is 3.51. The van der Waals surface area contributed by atoms with Crippen LogP contribution in [0.3, 0.4) is 0 Å². The van der Waals surface area contributed by atoms with Crippen molar-refractivity contribution in [2.45, 2.75) is 20.1 Å². The summed E-state index contributed by atoms with van der Waals surface area (Å²) in [5, 5.41) is 11.9. The SMILES string of the molecule is Cc1onc(C(=O)Nc2ccn(Cc3c(Cl)cccc3Cl)n2)c1COc1ccccc1F. The largest absolute Gasteiger partial charge is 0.486 e. The molecule has 0 atom stereocenters. The molecule has 2 aromatic carbocycles. The first-order valence-corrected chi connectivity index (χ1v) is 10.3. The van der Waals surface area contributed by atoms with Gasteiger partial charge in [0.05, 0.1) is 12.1 Å². The Kier molecular flexibility index (Phi) is 6.43. The van der Waals surface area contributed by atoms with Gasteiger partial charge in [0, 0.05) is 27.9 Å². The lowest BCUT2D eigenvalue weighted by Crippen LogP contribution is -2.16. The molecule has 1 amide bonds. The van der Waals surface area contributed by atoms with Crippen molar-refractivity contribution >= 4 is 34.9 Å². The molecule has 32 heavy (non-hydrogen) atoms. The molecule has 0 bridgehead atoms. The predicted molar refractivity (Wildman–Crippen MR) is 118 cm³/mol. The standard InChI is InChI=1S/C22H17Cl2FN4O3/c1-13-15(12-31-19-8-3-2-7-18(19)25)21(28-32-13)22(30)26-20-9-10-29(27-20)11-14-16(23)5-4-6-17(14)24/h2-10H,11-12H2,1H3,(H,26,27,30). The number of amides is 1. The number of aryl methyl sites for hydroxylation is 1. The van der Waals surface area contributed by atoms with Gasteiger partial charge in [0.15, 0.2) is 23.1 Å². The number of halogens is 3. The van der Waals surface area contributed by atoms with Crippen molar-refractivity contribution in [3.05, 3.63) is 93.2 Å². The highest BCUT2D eigenvalue weighted by atomic mass is 35.5. The minimum atomic E-state index is -0.532. The third kappa shape index (κ3) is 4.76. The van der Waals surface area contributed by atoms with Crippen molar-refractivity contribution in [1.82, 2.24) is 14.9 Å². The summed E-state index contributed by atoms with van der Waals surface area (Å²) in [5.41, 5.74) is 1.16. The van der Waals surface area contributed by atoms with E-state index in [1.807, 2.05) is 0 Å². The molecule has 7 nitrogen and oxygen atoms in total. The van der Waals surface area contributed by atoms with E-state index in [1.165, 1.54) is 12.1 Å². The second kappa shape index (κ2) is 9.42. The van der Waals surface area contributed by atoms with Crippen LogP contribution in [-0.4, -0.2) is 20.8 Å². The molecule has 164 valence electrons. The molecular weight excluding hydrogens is 458 g/mol. The Morgan fingerprint density at radius 3 is 2.62 bits per heavy atom. The van der Waals surface area contributed by atoms with Crippen LogP contribution in [0.4, 0.5) is 10.2 Å². The lowest BCUT2D eigenvalue weighted by atomic mass is 10.2. The monoisotopic (exact) mass is 474 g/mol.